The molecule has 1 aromatic heterocycles. The SMILES string of the molecule is Fc1ccc2c(c1)nc(CCCl)n2C1CC1. The maximum atomic E-state index is 13.1. The fourth-order valence-electron chi connectivity index (χ4n) is 2.12. The smallest absolute Gasteiger partial charge is 0.125 e. The van der Waals surface area contributed by atoms with Crippen molar-refractivity contribution in [2.45, 2.75) is 25.3 Å². The topological polar surface area (TPSA) is 17.8 Å². The monoisotopic (exact) mass is 238 g/mol. The number of hydrogen-bond acceptors (Lipinski definition) is 1. The Morgan fingerprint density at radius 3 is 2.94 bits per heavy atom. The summed E-state index contributed by atoms with van der Waals surface area (Å²) in [7, 11) is 0. The van der Waals surface area contributed by atoms with Crippen LogP contribution in [0.25, 0.3) is 11.0 Å². The molecule has 0 aliphatic heterocycles. The fourth-order valence-corrected chi connectivity index (χ4v) is 2.29. The van der Waals surface area contributed by atoms with Crippen molar-refractivity contribution in [3.05, 3.63) is 29.8 Å². The number of rotatable bonds is 3. The van der Waals surface area contributed by atoms with Crippen molar-refractivity contribution in [1.82, 2.24) is 9.55 Å². The minimum absolute atomic E-state index is 0.231. The molecular formula is C12H12ClFN2. The van der Waals surface area contributed by atoms with E-state index in [0.717, 1.165) is 23.3 Å². The maximum Gasteiger partial charge on any atom is 0.125 e. The zero-order chi connectivity index (χ0) is 11.1. The quantitative estimate of drug-likeness (QED) is 0.751. The van der Waals surface area contributed by atoms with Gasteiger partial charge in [-0.2, -0.15) is 0 Å². The average Bonchev–Trinajstić information content (AvgIpc) is 3.02. The summed E-state index contributed by atoms with van der Waals surface area (Å²) in [5.41, 5.74) is 1.77. The summed E-state index contributed by atoms with van der Waals surface area (Å²) in [5.74, 6) is 1.31. The van der Waals surface area contributed by atoms with Crippen LogP contribution in [0.15, 0.2) is 18.2 Å². The number of aryl methyl sites for hydroxylation is 1. The molecule has 2 nitrogen and oxygen atoms in total. The molecule has 1 aromatic carbocycles. The molecule has 0 radical (unpaired) electrons. The summed E-state index contributed by atoms with van der Waals surface area (Å²) in [5, 5.41) is 0. The summed E-state index contributed by atoms with van der Waals surface area (Å²) in [4.78, 5) is 4.46. The van der Waals surface area contributed by atoms with Crippen LogP contribution in [0.4, 0.5) is 4.39 Å². The first kappa shape index (κ1) is 10.1. The highest BCUT2D eigenvalue weighted by molar-refractivity contribution is 6.17. The van der Waals surface area contributed by atoms with Gasteiger partial charge in [-0.25, -0.2) is 9.37 Å². The molecule has 1 aliphatic carbocycles. The van der Waals surface area contributed by atoms with Crippen LogP contribution in [0.2, 0.25) is 0 Å². The number of halogens is 2. The van der Waals surface area contributed by atoms with Crippen molar-refractivity contribution in [3.63, 3.8) is 0 Å². The molecule has 1 aliphatic rings. The molecule has 1 heterocycles. The summed E-state index contributed by atoms with van der Waals surface area (Å²) in [6, 6.07) is 5.35. The number of aromatic nitrogens is 2. The van der Waals surface area contributed by atoms with Gasteiger partial charge in [0.05, 0.1) is 11.0 Å². The van der Waals surface area contributed by atoms with Gasteiger partial charge in [0.15, 0.2) is 0 Å². The Kier molecular flexibility index (Phi) is 2.36. The predicted octanol–water partition coefficient (Wildman–Crippen LogP) is 3.29. The van der Waals surface area contributed by atoms with Crippen LogP contribution >= 0.6 is 11.6 Å². The largest absolute Gasteiger partial charge is 0.325 e. The molecule has 0 atom stereocenters. The Bertz CT molecular complexity index is 531. The Balaban J connectivity index is 2.20. The molecule has 1 fully saturated rings. The van der Waals surface area contributed by atoms with Gasteiger partial charge in [0.2, 0.25) is 0 Å². The summed E-state index contributed by atoms with van der Waals surface area (Å²) >= 11 is 5.76. The van der Waals surface area contributed by atoms with Gasteiger partial charge in [-0.1, -0.05) is 0 Å². The molecule has 0 bridgehead atoms. The lowest BCUT2D eigenvalue weighted by Crippen LogP contribution is -2.02. The van der Waals surface area contributed by atoms with Crippen LogP contribution in [0, 0.1) is 5.82 Å². The normalized spacial score (nSPS) is 15.9. The van der Waals surface area contributed by atoms with Gasteiger partial charge in [-0.3, -0.25) is 0 Å². The van der Waals surface area contributed by atoms with E-state index in [9.17, 15) is 4.39 Å². The second kappa shape index (κ2) is 3.74. The standard InChI is InChI=1S/C12H12ClFN2/c13-6-5-12-15-10-7-8(14)1-4-11(10)16(12)9-2-3-9/h1,4,7,9H,2-3,5-6H2. The van der Waals surface area contributed by atoms with Crippen molar-refractivity contribution in [1.29, 1.82) is 0 Å². The van der Waals surface area contributed by atoms with E-state index in [1.165, 1.54) is 25.0 Å². The number of alkyl halides is 1. The Hall–Kier alpha value is -1.09. The van der Waals surface area contributed by atoms with Crippen molar-refractivity contribution in [2.24, 2.45) is 0 Å². The third-order valence-electron chi connectivity index (χ3n) is 2.95. The summed E-state index contributed by atoms with van der Waals surface area (Å²) in [6.45, 7) is 0. The first-order valence-electron chi connectivity index (χ1n) is 5.52. The van der Waals surface area contributed by atoms with Gasteiger partial charge in [0, 0.05) is 24.4 Å². The molecule has 2 aromatic rings. The van der Waals surface area contributed by atoms with E-state index in [0.29, 0.717) is 11.9 Å². The number of benzene rings is 1. The van der Waals surface area contributed by atoms with Crippen LogP contribution in [-0.4, -0.2) is 15.4 Å². The Morgan fingerprint density at radius 1 is 1.44 bits per heavy atom. The van der Waals surface area contributed by atoms with Crippen LogP contribution < -0.4 is 0 Å². The highest BCUT2D eigenvalue weighted by Gasteiger charge is 2.27. The molecule has 0 spiro atoms. The predicted molar refractivity (Wildman–Crippen MR) is 62.4 cm³/mol. The number of hydrogen-bond donors (Lipinski definition) is 0. The van der Waals surface area contributed by atoms with E-state index in [1.807, 2.05) is 6.07 Å². The lowest BCUT2D eigenvalue weighted by molar-refractivity contribution is 0.629. The zero-order valence-electron chi connectivity index (χ0n) is 8.79. The molecule has 84 valence electrons. The van der Waals surface area contributed by atoms with Crippen molar-refractivity contribution < 1.29 is 4.39 Å². The highest BCUT2D eigenvalue weighted by atomic mass is 35.5. The fraction of sp³-hybridized carbons (Fsp3) is 0.417. The van der Waals surface area contributed by atoms with Crippen LogP contribution in [0.5, 0.6) is 0 Å². The molecule has 3 rings (SSSR count). The molecule has 0 saturated heterocycles. The summed E-state index contributed by atoms with van der Waals surface area (Å²) < 4.78 is 15.3. The Morgan fingerprint density at radius 2 is 2.25 bits per heavy atom. The van der Waals surface area contributed by atoms with Gasteiger partial charge in [0.25, 0.3) is 0 Å². The summed E-state index contributed by atoms with van der Waals surface area (Å²) in [6.07, 6.45) is 3.13. The molecule has 16 heavy (non-hydrogen) atoms. The van der Waals surface area contributed by atoms with E-state index in [2.05, 4.69) is 9.55 Å². The average molecular weight is 239 g/mol. The van der Waals surface area contributed by atoms with Crippen LogP contribution in [-0.2, 0) is 6.42 Å². The third kappa shape index (κ3) is 1.59. The van der Waals surface area contributed by atoms with Gasteiger partial charge in [-0.15, -0.1) is 11.6 Å². The van der Waals surface area contributed by atoms with Crippen molar-refractivity contribution >= 4 is 22.6 Å². The third-order valence-corrected chi connectivity index (χ3v) is 3.14. The highest BCUT2D eigenvalue weighted by Crippen LogP contribution is 2.38. The van der Waals surface area contributed by atoms with E-state index in [-0.39, 0.29) is 5.82 Å². The number of imidazole rings is 1. The minimum atomic E-state index is -0.231. The van der Waals surface area contributed by atoms with E-state index < -0.39 is 0 Å². The maximum absolute atomic E-state index is 13.1. The molecule has 0 amide bonds. The Labute approximate surface area is 98.0 Å². The number of fused-ring (bicyclic) bond motifs is 1. The van der Waals surface area contributed by atoms with Crippen molar-refractivity contribution in [3.8, 4) is 0 Å². The first-order valence-corrected chi connectivity index (χ1v) is 6.05. The second-order valence-corrected chi connectivity index (χ2v) is 4.58. The van der Waals surface area contributed by atoms with Crippen LogP contribution in [0.1, 0.15) is 24.7 Å². The molecular weight excluding hydrogens is 227 g/mol. The van der Waals surface area contributed by atoms with E-state index in [1.54, 1.807) is 0 Å². The van der Waals surface area contributed by atoms with Crippen molar-refractivity contribution in [2.75, 3.05) is 5.88 Å². The molecule has 0 N–H and O–H groups in total. The van der Waals surface area contributed by atoms with Crippen LogP contribution in [0.3, 0.4) is 0 Å². The van der Waals surface area contributed by atoms with E-state index in [4.69, 9.17) is 11.6 Å². The molecule has 1 saturated carbocycles. The van der Waals surface area contributed by atoms with Gasteiger partial charge >= 0.3 is 0 Å². The number of nitrogens with zero attached hydrogens (tertiary/aromatic N) is 2. The first-order chi connectivity index (χ1) is 7.79. The second-order valence-electron chi connectivity index (χ2n) is 4.20. The zero-order valence-corrected chi connectivity index (χ0v) is 9.54. The molecule has 0 unspecified atom stereocenters. The lowest BCUT2D eigenvalue weighted by atomic mass is 10.3. The van der Waals surface area contributed by atoms with Gasteiger partial charge in [-0.05, 0) is 25.0 Å². The van der Waals surface area contributed by atoms with Gasteiger partial charge < -0.3 is 4.57 Å². The minimum Gasteiger partial charge on any atom is -0.325 e. The van der Waals surface area contributed by atoms with E-state index >= 15 is 0 Å². The van der Waals surface area contributed by atoms with Gasteiger partial charge in [0.1, 0.15) is 11.6 Å². The lowest BCUT2D eigenvalue weighted by Gasteiger charge is -2.05. The molecule has 4 heteroatoms.